The van der Waals surface area contributed by atoms with E-state index >= 15 is 0 Å². The summed E-state index contributed by atoms with van der Waals surface area (Å²) in [6.45, 7) is 4.77. The maximum atomic E-state index is 13.0. The minimum atomic E-state index is -0.475. The molecule has 2 aromatic rings. The first-order valence-corrected chi connectivity index (χ1v) is 11.5. The summed E-state index contributed by atoms with van der Waals surface area (Å²) in [7, 11) is 0. The molecule has 0 heterocycles. The minimum absolute atomic E-state index is 0.00128. The average molecular weight is 433 g/mol. The molecule has 6 heteroatoms. The SMILES string of the molecule is CCNC(=O)[C@@H](CC)N(Cc1ccc(Cl)cc1)C(=O)CCSCc1ccccc1. The van der Waals surface area contributed by atoms with Crippen molar-refractivity contribution in [2.45, 2.75) is 45.0 Å². The number of likely N-dealkylation sites (N-methyl/N-ethyl adjacent to an activating group) is 1. The van der Waals surface area contributed by atoms with Crippen LogP contribution in [0.5, 0.6) is 0 Å². The van der Waals surface area contributed by atoms with Gasteiger partial charge >= 0.3 is 0 Å². The molecular formula is C23H29ClN2O2S. The fraction of sp³-hybridized carbons (Fsp3) is 0.391. The van der Waals surface area contributed by atoms with Gasteiger partial charge in [-0.3, -0.25) is 9.59 Å². The Hall–Kier alpha value is -1.98. The van der Waals surface area contributed by atoms with Crippen LogP contribution in [-0.4, -0.2) is 35.1 Å². The van der Waals surface area contributed by atoms with Gasteiger partial charge in [0.2, 0.25) is 11.8 Å². The van der Waals surface area contributed by atoms with Gasteiger partial charge in [0.05, 0.1) is 0 Å². The summed E-state index contributed by atoms with van der Waals surface area (Å²) in [5.74, 6) is 1.49. The third-order valence-electron chi connectivity index (χ3n) is 4.57. The van der Waals surface area contributed by atoms with Crippen LogP contribution in [0.4, 0.5) is 0 Å². The van der Waals surface area contributed by atoms with E-state index in [4.69, 9.17) is 11.6 Å². The summed E-state index contributed by atoms with van der Waals surface area (Å²) in [5, 5.41) is 3.51. The number of nitrogens with one attached hydrogen (secondary N) is 1. The zero-order valence-electron chi connectivity index (χ0n) is 17.1. The van der Waals surface area contributed by atoms with Gasteiger partial charge in [-0.25, -0.2) is 0 Å². The van der Waals surface area contributed by atoms with Gasteiger partial charge in [-0.15, -0.1) is 0 Å². The summed E-state index contributed by atoms with van der Waals surface area (Å²) < 4.78 is 0. The predicted molar refractivity (Wildman–Crippen MR) is 122 cm³/mol. The quantitative estimate of drug-likeness (QED) is 0.513. The molecule has 0 bridgehead atoms. The second-order valence-electron chi connectivity index (χ2n) is 6.75. The Morgan fingerprint density at radius 3 is 2.34 bits per heavy atom. The van der Waals surface area contributed by atoms with E-state index in [1.165, 1.54) is 5.56 Å². The van der Waals surface area contributed by atoms with Crippen molar-refractivity contribution in [3.05, 3.63) is 70.7 Å². The minimum Gasteiger partial charge on any atom is -0.355 e. The number of benzene rings is 2. The maximum absolute atomic E-state index is 13.0. The molecule has 1 atom stereocenters. The largest absolute Gasteiger partial charge is 0.355 e. The molecule has 0 saturated heterocycles. The molecule has 0 spiro atoms. The van der Waals surface area contributed by atoms with Gasteiger partial charge < -0.3 is 10.2 Å². The molecule has 0 fully saturated rings. The fourth-order valence-electron chi connectivity index (χ4n) is 3.07. The molecule has 0 aliphatic carbocycles. The Labute approximate surface area is 183 Å². The van der Waals surface area contributed by atoms with Crippen molar-refractivity contribution in [2.24, 2.45) is 0 Å². The van der Waals surface area contributed by atoms with Crippen LogP contribution in [0.2, 0.25) is 5.02 Å². The van der Waals surface area contributed by atoms with Crippen LogP contribution < -0.4 is 5.32 Å². The summed E-state index contributed by atoms with van der Waals surface area (Å²) in [6.07, 6.45) is 0.976. The molecule has 0 aliphatic heterocycles. The highest BCUT2D eigenvalue weighted by Crippen LogP contribution is 2.18. The number of hydrogen-bond donors (Lipinski definition) is 1. The summed E-state index contributed by atoms with van der Waals surface area (Å²) >= 11 is 7.71. The zero-order valence-corrected chi connectivity index (χ0v) is 18.6. The Bertz CT molecular complexity index is 768. The second-order valence-corrected chi connectivity index (χ2v) is 8.30. The lowest BCUT2D eigenvalue weighted by Gasteiger charge is -2.30. The first kappa shape index (κ1) is 23.3. The molecule has 0 aliphatic rings. The molecule has 0 aromatic heterocycles. The Balaban J connectivity index is 2.02. The van der Waals surface area contributed by atoms with E-state index in [1.54, 1.807) is 16.7 Å². The first-order chi connectivity index (χ1) is 14.0. The molecule has 4 nitrogen and oxygen atoms in total. The van der Waals surface area contributed by atoms with E-state index in [0.717, 1.165) is 17.1 Å². The molecule has 156 valence electrons. The van der Waals surface area contributed by atoms with Crippen molar-refractivity contribution < 1.29 is 9.59 Å². The van der Waals surface area contributed by atoms with Crippen molar-refractivity contribution in [2.75, 3.05) is 12.3 Å². The Kier molecular flexibility index (Phi) is 10.1. The molecular weight excluding hydrogens is 404 g/mol. The first-order valence-electron chi connectivity index (χ1n) is 9.98. The van der Waals surface area contributed by atoms with E-state index in [2.05, 4.69) is 17.4 Å². The summed E-state index contributed by atoms with van der Waals surface area (Å²) in [4.78, 5) is 27.3. The normalized spacial score (nSPS) is 11.7. The van der Waals surface area contributed by atoms with E-state index < -0.39 is 6.04 Å². The Morgan fingerprint density at radius 1 is 1.03 bits per heavy atom. The molecule has 29 heavy (non-hydrogen) atoms. The highest BCUT2D eigenvalue weighted by molar-refractivity contribution is 7.98. The predicted octanol–water partition coefficient (Wildman–Crippen LogP) is 4.91. The number of halogens is 1. The second kappa shape index (κ2) is 12.6. The number of rotatable bonds is 11. The molecule has 0 radical (unpaired) electrons. The zero-order chi connectivity index (χ0) is 21.1. The third-order valence-corrected chi connectivity index (χ3v) is 5.86. The monoisotopic (exact) mass is 432 g/mol. The van der Waals surface area contributed by atoms with Gasteiger partial charge in [-0.1, -0.05) is 61.0 Å². The van der Waals surface area contributed by atoms with E-state index in [0.29, 0.717) is 31.0 Å². The molecule has 2 aromatic carbocycles. The number of hydrogen-bond acceptors (Lipinski definition) is 3. The summed E-state index contributed by atoms with van der Waals surface area (Å²) in [5.41, 5.74) is 2.21. The summed E-state index contributed by atoms with van der Waals surface area (Å²) in [6, 6.07) is 17.2. The molecule has 0 unspecified atom stereocenters. The van der Waals surface area contributed by atoms with Crippen LogP contribution in [0, 0.1) is 0 Å². The lowest BCUT2D eigenvalue weighted by Crippen LogP contribution is -2.49. The molecule has 1 N–H and O–H groups in total. The van der Waals surface area contributed by atoms with Gasteiger partial charge in [0.1, 0.15) is 6.04 Å². The number of thioether (sulfide) groups is 1. The number of nitrogens with zero attached hydrogens (tertiary/aromatic N) is 1. The van der Waals surface area contributed by atoms with Crippen LogP contribution in [-0.2, 0) is 21.9 Å². The Morgan fingerprint density at radius 2 is 1.72 bits per heavy atom. The molecule has 2 rings (SSSR count). The average Bonchev–Trinajstić information content (AvgIpc) is 2.73. The highest BCUT2D eigenvalue weighted by atomic mass is 35.5. The fourth-order valence-corrected chi connectivity index (χ4v) is 4.08. The van der Waals surface area contributed by atoms with Crippen molar-refractivity contribution in [3.8, 4) is 0 Å². The maximum Gasteiger partial charge on any atom is 0.242 e. The van der Waals surface area contributed by atoms with E-state index in [-0.39, 0.29) is 11.8 Å². The standard InChI is InChI=1S/C23H29ClN2O2S/c1-3-21(23(28)25-4-2)26(16-18-10-12-20(24)13-11-18)22(27)14-15-29-17-19-8-6-5-7-9-19/h5-13,21H,3-4,14-17H2,1-2H3,(H,25,28)/t21-/m1/s1. The number of amides is 2. The van der Waals surface area contributed by atoms with Crippen LogP contribution in [0.15, 0.2) is 54.6 Å². The molecule has 0 saturated carbocycles. The third kappa shape index (κ3) is 7.75. The van der Waals surface area contributed by atoms with Gasteiger partial charge in [-0.2, -0.15) is 11.8 Å². The van der Waals surface area contributed by atoms with Gasteiger partial charge in [0.15, 0.2) is 0 Å². The highest BCUT2D eigenvalue weighted by Gasteiger charge is 2.27. The van der Waals surface area contributed by atoms with E-state index in [9.17, 15) is 9.59 Å². The van der Waals surface area contributed by atoms with Gasteiger partial charge in [0, 0.05) is 36.0 Å². The van der Waals surface area contributed by atoms with Gasteiger partial charge in [0.25, 0.3) is 0 Å². The van der Waals surface area contributed by atoms with Crippen molar-refractivity contribution in [1.29, 1.82) is 0 Å². The van der Waals surface area contributed by atoms with E-state index in [1.807, 2.05) is 56.3 Å². The topological polar surface area (TPSA) is 49.4 Å². The lowest BCUT2D eigenvalue weighted by atomic mass is 10.1. The van der Waals surface area contributed by atoms with Crippen LogP contribution in [0.1, 0.15) is 37.8 Å². The van der Waals surface area contributed by atoms with Crippen molar-refractivity contribution in [1.82, 2.24) is 10.2 Å². The lowest BCUT2D eigenvalue weighted by molar-refractivity contribution is -0.141. The smallest absolute Gasteiger partial charge is 0.242 e. The van der Waals surface area contributed by atoms with Gasteiger partial charge in [-0.05, 0) is 36.6 Å². The van der Waals surface area contributed by atoms with Crippen molar-refractivity contribution >= 4 is 35.2 Å². The van der Waals surface area contributed by atoms with Crippen molar-refractivity contribution in [3.63, 3.8) is 0 Å². The van der Waals surface area contributed by atoms with Crippen LogP contribution in [0.25, 0.3) is 0 Å². The van der Waals surface area contributed by atoms with Crippen LogP contribution >= 0.6 is 23.4 Å². The van der Waals surface area contributed by atoms with Crippen LogP contribution in [0.3, 0.4) is 0 Å². The molecule has 2 amide bonds. The number of carbonyl (C=O) groups excluding carboxylic acids is 2. The number of carbonyl (C=O) groups is 2.